The van der Waals surface area contributed by atoms with Crippen LogP contribution < -0.4 is 36.4 Å². The molecule has 43 heteroatoms. The first-order chi connectivity index (χ1) is 62.3. The number of primary sulfonamides is 2. The van der Waals surface area contributed by atoms with E-state index < -0.39 is 89.6 Å². The first kappa shape index (κ1) is 132. The molecule has 32 nitrogen and oxygen atoms in total. The molecule has 138 heavy (non-hydrogen) atoms. The molecular formula is C95H158Cl2N16O16S6Si3. The van der Waals surface area contributed by atoms with Gasteiger partial charge in [0, 0.05) is 120 Å². The van der Waals surface area contributed by atoms with E-state index in [0.29, 0.717) is 49.3 Å². The Morgan fingerprint density at radius 2 is 0.630 bits per heavy atom. The summed E-state index contributed by atoms with van der Waals surface area (Å²) in [4.78, 5) is 58.7. The highest BCUT2D eigenvalue weighted by atomic mass is 35.7. The van der Waals surface area contributed by atoms with Crippen LogP contribution in [0.3, 0.4) is 0 Å². The van der Waals surface area contributed by atoms with Crippen LogP contribution in [-0.4, -0.2) is 242 Å². The number of anilines is 2. The number of carbonyl (C=O) groups is 4. The van der Waals surface area contributed by atoms with Crippen LogP contribution >= 0.6 is 23.1 Å². The van der Waals surface area contributed by atoms with E-state index in [1.807, 2.05) is 140 Å². The molecule has 1 aliphatic heterocycles. The number of nitrogens with one attached hydrogen (secondary N) is 1. The van der Waals surface area contributed by atoms with E-state index in [2.05, 4.69) is 125 Å². The SMILES string of the molecule is C1CCOC1.CCC.CN(C)C(=O)c1cccc(N)c1.CN(C)C(=O)c1cccc(S(=O)(=O)Cl)c1.CN(C)C(=O)c1cccc(S(N)(=O)=O)c1.CN(C)Cc1cccc(S(=O)(=O)N[Si](C)(C)C(C)(C)C)c1.CN(C)Cc1cccc(S(N)(=O)=N[Si](C)(C)C(C)(C)C)c1.CN(C)Cc1cccc(S(N)(=O)=N[Si](C)(C)C(C)(C)C)c1.CN(C)Cc1cccc(S(N)(=O)=O)c1.Cl.Nc1cccc(C(=O)O)c1. The van der Waals surface area contributed by atoms with Gasteiger partial charge in [-0.3, -0.25) is 22.4 Å². The number of halogens is 2. The number of sulfonamides is 3. The average Bonchev–Trinajstić information content (AvgIpc) is 0.875. The highest BCUT2D eigenvalue weighted by molar-refractivity contribution is 8.13. The maximum absolute atomic E-state index is 12.9. The predicted octanol–water partition coefficient (Wildman–Crippen LogP) is 16.3. The van der Waals surface area contributed by atoms with E-state index in [4.69, 9.17) is 52.5 Å². The van der Waals surface area contributed by atoms with Crippen LogP contribution in [0.1, 0.15) is 159 Å². The van der Waals surface area contributed by atoms with Gasteiger partial charge in [0.05, 0.1) is 34.9 Å². The average molecular weight is 2130 g/mol. The zero-order chi connectivity index (χ0) is 106. The topological polar surface area (TPSA) is 484 Å². The molecule has 0 aromatic heterocycles. The quantitative estimate of drug-likeness (QED) is 0.0177. The van der Waals surface area contributed by atoms with Gasteiger partial charge in [-0.1, -0.05) is 168 Å². The summed E-state index contributed by atoms with van der Waals surface area (Å²) in [5, 5.41) is 30.6. The van der Waals surface area contributed by atoms with Crippen LogP contribution in [0.25, 0.3) is 0 Å². The van der Waals surface area contributed by atoms with Gasteiger partial charge in [0.25, 0.3) is 26.8 Å². The number of aromatic carboxylic acids is 1. The van der Waals surface area contributed by atoms with Crippen LogP contribution in [0, 0.1) is 0 Å². The summed E-state index contributed by atoms with van der Waals surface area (Å²) in [6.07, 6.45) is 3.81. The lowest BCUT2D eigenvalue weighted by atomic mass is 10.2. The van der Waals surface area contributed by atoms with Gasteiger partial charge >= 0.3 is 5.97 Å². The van der Waals surface area contributed by atoms with Gasteiger partial charge in [-0.15, -0.1) is 12.4 Å². The van der Waals surface area contributed by atoms with Crippen LogP contribution in [0.4, 0.5) is 11.4 Å². The summed E-state index contributed by atoms with van der Waals surface area (Å²) >= 11 is 0. The molecule has 8 aromatic rings. The molecule has 776 valence electrons. The minimum atomic E-state index is -3.78. The van der Waals surface area contributed by atoms with Gasteiger partial charge in [0.1, 0.15) is 28.1 Å². The van der Waals surface area contributed by atoms with Crippen molar-refractivity contribution in [2.24, 2.45) is 28.6 Å². The molecular weight excluding hydrogens is 1970 g/mol. The van der Waals surface area contributed by atoms with Crippen molar-refractivity contribution in [1.29, 1.82) is 0 Å². The van der Waals surface area contributed by atoms with Gasteiger partial charge in [-0.2, -0.15) is 0 Å². The van der Waals surface area contributed by atoms with E-state index in [1.165, 1.54) is 101 Å². The van der Waals surface area contributed by atoms with Crippen molar-refractivity contribution in [3.63, 3.8) is 0 Å². The first-order valence-corrected chi connectivity index (χ1v) is 62.7. The highest BCUT2D eigenvalue weighted by Gasteiger charge is 2.41. The Kier molecular flexibility index (Phi) is 55.8. The summed E-state index contributed by atoms with van der Waals surface area (Å²) in [5.41, 5.74) is 17.5. The van der Waals surface area contributed by atoms with Gasteiger partial charge in [0.2, 0.25) is 30.1 Å². The summed E-state index contributed by atoms with van der Waals surface area (Å²) in [6, 6.07) is 53.5. The molecule has 2 unspecified atom stereocenters. The van der Waals surface area contributed by atoms with Crippen LogP contribution in [0.2, 0.25) is 54.4 Å². The lowest BCUT2D eigenvalue weighted by Gasteiger charge is -2.36. The monoisotopic (exact) mass is 2120 g/mol. The molecule has 0 bridgehead atoms. The van der Waals surface area contributed by atoms with E-state index in [9.17, 15) is 61.3 Å². The van der Waals surface area contributed by atoms with E-state index in [0.717, 1.165) is 55.1 Å². The fraction of sp³-hybridized carbons (Fsp3) is 0.453. The molecule has 14 N–H and O–H groups in total. The Labute approximate surface area is 841 Å². The van der Waals surface area contributed by atoms with Gasteiger partial charge in [-0.05, 0) is 254 Å². The molecule has 0 aliphatic carbocycles. The molecule has 0 radical (unpaired) electrons. The number of rotatable bonds is 22. The Bertz CT molecular complexity index is 5770. The van der Waals surface area contributed by atoms with E-state index in [1.54, 1.807) is 109 Å². The van der Waals surface area contributed by atoms with Crippen LogP contribution in [0.5, 0.6) is 0 Å². The second-order valence-corrected chi connectivity index (χ2v) is 65.4. The van der Waals surface area contributed by atoms with Gasteiger partial charge < -0.3 is 55.6 Å². The zero-order valence-electron chi connectivity index (χ0n) is 86.6. The summed E-state index contributed by atoms with van der Waals surface area (Å²) < 4.78 is 134. The Balaban J connectivity index is 0. The molecule has 8 aromatic carbocycles. The molecule has 0 spiro atoms. The number of carbonyl (C=O) groups excluding carboxylic acids is 3. The maximum Gasteiger partial charge on any atom is 0.335 e. The fourth-order valence-corrected chi connectivity index (χ4v) is 27.1. The number of nitrogens with two attached hydrogens (primary N) is 6. The largest absolute Gasteiger partial charge is 0.478 e. The third-order valence-corrected chi connectivity index (χ3v) is 46.6. The third-order valence-electron chi connectivity index (χ3n) is 20.7. The normalized spacial score (nSPS) is 13.0. The predicted molar refractivity (Wildman–Crippen MR) is 578 cm³/mol. The standard InChI is InChI=1S/2C15H29N3OSSi.C15H28N2O2SSi.C9H10ClNO3S.C9H12N2O3S.C9H14N2O2S.C9H12N2O.C7H7NO2.C4H8O.C3H8.ClH/c2*1-15(2,3)21(6,7)17-20(16,19)14-10-8-9-13(11-14)12-18(4)5;1-15(2,3)21(6,7)16-20(18,19)14-10-8-9-13(11-14)12-17(4)5;2*1-11(2)9(12)7-4-3-5-8(6-7)15(10,13)14;1-11(2)7-8-4-3-5-9(6-8)14(10,12)13;1-11(2)9(12)7-4-3-5-8(10)6-7;8-6-3-1-2-5(4-6)7(9)10;1-2-4-5-3-1;1-3-2;/h2*8-11H,12H2,1-7H3,(H2,16,17,19);8-11,16H,12H2,1-7H3;3-6H,1-2H3;3-6H,1-2H3,(H2,10,13,14);3-6H,7H2,1-2H3,(H2,10,12,13);3-6H,10H2,1-2H3;1-4H,8H2,(H,9,10);1-4H2;3H2,1-2H3;1H. The number of hydrogen-bond donors (Lipinski definition) is 8. The lowest BCUT2D eigenvalue weighted by molar-refractivity contribution is 0.0695. The minimum Gasteiger partial charge on any atom is -0.478 e. The molecule has 1 heterocycles. The molecule has 0 saturated carbocycles. The van der Waals surface area contributed by atoms with Crippen molar-refractivity contribution in [3.8, 4) is 0 Å². The van der Waals surface area contributed by atoms with Crippen molar-refractivity contribution in [3.05, 3.63) is 239 Å². The number of carboxylic acid groups (broad SMARTS) is 1. The molecule has 1 saturated heterocycles. The zero-order valence-corrected chi connectivity index (χ0v) is 96.1. The Morgan fingerprint density at radius 3 is 0.884 bits per heavy atom. The second kappa shape index (κ2) is 58.4. The fourth-order valence-electron chi connectivity index (χ4n) is 10.6. The van der Waals surface area contributed by atoms with Crippen molar-refractivity contribution in [2.75, 3.05) is 123 Å². The maximum atomic E-state index is 12.9. The van der Waals surface area contributed by atoms with Crippen molar-refractivity contribution < 1.29 is 71.1 Å². The number of ether oxygens (including phenoxy) is 1. The highest BCUT2D eigenvalue weighted by Crippen LogP contribution is 2.40. The smallest absolute Gasteiger partial charge is 0.335 e. The van der Waals surface area contributed by atoms with Crippen LogP contribution in [0.15, 0.2) is 232 Å². The molecule has 2 atom stereocenters. The lowest BCUT2D eigenvalue weighted by Crippen LogP contribution is -2.54. The first-order valence-electron chi connectivity index (χ1n) is 43.8. The number of amides is 3. The van der Waals surface area contributed by atoms with Crippen molar-refractivity contribution >= 4 is 142 Å². The number of nitrogen functional groups attached to an aromatic ring is 2. The minimum absolute atomic E-state index is 0. The second-order valence-electron chi connectivity index (χ2n) is 38.7. The molecule has 9 rings (SSSR count). The number of nitrogens with zero attached hydrogens (tertiary/aromatic N) is 9. The number of carboxylic acids is 1. The third kappa shape index (κ3) is 50.4. The van der Waals surface area contributed by atoms with Crippen molar-refractivity contribution in [2.45, 2.75) is 205 Å². The summed E-state index contributed by atoms with van der Waals surface area (Å²) in [7, 11) is 4.24. The Morgan fingerprint density at radius 1 is 0.384 bits per heavy atom. The van der Waals surface area contributed by atoms with E-state index >= 15 is 0 Å². The molecule has 1 aliphatic rings. The number of benzene rings is 8. The van der Waals surface area contributed by atoms with Crippen molar-refractivity contribution in [1.82, 2.24) is 38.7 Å². The van der Waals surface area contributed by atoms with Crippen LogP contribution in [-0.2, 0) is 89.9 Å². The Hall–Kier alpha value is -8.23. The summed E-state index contributed by atoms with van der Waals surface area (Å²) in [6.45, 7) is 40.9. The van der Waals surface area contributed by atoms with Gasteiger partial charge in [0.15, 0.2) is 16.5 Å². The number of hydrogen-bond acceptors (Lipinski definition) is 23. The molecule has 3 amide bonds. The summed E-state index contributed by atoms with van der Waals surface area (Å²) in [5.74, 6) is -1.51. The van der Waals surface area contributed by atoms with Gasteiger partial charge in [-0.25, -0.2) is 71.8 Å². The molecule has 1 fully saturated rings. The van der Waals surface area contributed by atoms with E-state index in [-0.39, 0.29) is 65.5 Å².